The highest BCUT2D eigenvalue weighted by atomic mass is 35.5. The molecule has 1 aromatic carbocycles. The fourth-order valence-electron chi connectivity index (χ4n) is 1.99. The lowest BCUT2D eigenvalue weighted by atomic mass is 10.2. The minimum atomic E-state index is -0.677. The molecule has 0 N–H and O–H groups in total. The van der Waals surface area contributed by atoms with Crippen LogP contribution >= 0.6 is 23.4 Å². The van der Waals surface area contributed by atoms with Crippen LogP contribution in [0.1, 0.15) is 13.3 Å². The molecule has 1 saturated heterocycles. The Morgan fingerprint density at radius 3 is 2.75 bits per heavy atom. The van der Waals surface area contributed by atoms with E-state index in [1.54, 1.807) is 12.1 Å². The second-order valence-electron chi connectivity index (χ2n) is 4.19. The van der Waals surface area contributed by atoms with Gasteiger partial charge in [0, 0.05) is 18.4 Å². The van der Waals surface area contributed by atoms with Gasteiger partial charge in [-0.15, -0.1) is 0 Å². The normalized spacial score (nSPS) is 18.6. The number of ether oxygens (including phenoxy) is 1. The van der Waals surface area contributed by atoms with Crippen LogP contribution in [0, 0.1) is 0 Å². The number of hydrogen-bond acceptors (Lipinski definition) is 5. The molecule has 1 heterocycles. The lowest BCUT2D eigenvalue weighted by Crippen LogP contribution is -2.31. The number of anilines is 1. The minimum absolute atomic E-state index is 0.00124. The average Bonchev–Trinajstić information content (AvgIpc) is 2.63. The summed E-state index contributed by atoms with van der Waals surface area (Å²) >= 11 is 6.77. The molecule has 1 aliphatic rings. The maximum absolute atomic E-state index is 12.3. The van der Waals surface area contributed by atoms with Gasteiger partial charge in [0.2, 0.25) is 11.8 Å². The summed E-state index contributed by atoms with van der Waals surface area (Å²) in [6, 6.07) is 4.69. The Labute approximate surface area is 125 Å². The quantitative estimate of drug-likeness (QED) is 0.801. The first-order valence-corrected chi connectivity index (χ1v) is 7.07. The van der Waals surface area contributed by atoms with Crippen LogP contribution in [0.5, 0.6) is 5.75 Å². The zero-order chi connectivity index (χ0) is 14.9. The summed E-state index contributed by atoms with van der Waals surface area (Å²) in [5.41, 5.74) is 0.307. The van der Waals surface area contributed by atoms with Crippen LogP contribution in [-0.4, -0.2) is 29.3 Å². The molecular formula is C13H12ClNO4S. The molecule has 5 nitrogen and oxygen atoms in total. The fraction of sp³-hybridized carbons (Fsp3) is 0.308. The van der Waals surface area contributed by atoms with Gasteiger partial charge in [-0.2, -0.15) is 0 Å². The molecule has 7 heteroatoms. The predicted octanol–water partition coefficient (Wildman–Crippen LogP) is 2.26. The van der Waals surface area contributed by atoms with E-state index in [0.717, 1.165) is 16.7 Å². The number of thioether (sulfide) groups is 1. The molecule has 1 aliphatic heterocycles. The SMILES string of the molecule is COc1ccc(Cl)cc1N1C(=O)CC(SC(C)=O)C1=O. The maximum Gasteiger partial charge on any atom is 0.248 e. The van der Waals surface area contributed by atoms with Crippen LogP contribution in [0.25, 0.3) is 0 Å². The molecule has 1 fully saturated rings. The summed E-state index contributed by atoms with van der Waals surface area (Å²) in [6.07, 6.45) is -0.00124. The second kappa shape index (κ2) is 5.85. The number of imide groups is 1. The molecule has 0 radical (unpaired) electrons. The minimum Gasteiger partial charge on any atom is -0.495 e. The fourth-order valence-corrected chi connectivity index (χ4v) is 2.99. The number of benzene rings is 1. The highest BCUT2D eigenvalue weighted by Gasteiger charge is 2.41. The Morgan fingerprint density at radius 1 is 1.45 bits per heavy atom. The maximum atomic E-state index is 12.3. The molecule has 0 aliphatic carbocycles. The number of carbonyl (C=O) groups excluding carboxylic acids is 3. The first-order valence-electron chi connectivity index (χ1n) is 5.81. The van der Waals surface area contributed by atoms with Crippen LogP contribution in [-0.2, 0) is 14.4 Å². The van der Waals surface area contributed by atoms with Crippen molar-refractivity contribution in [3.63, 3.8) is 0 Å². The number of nitrogens with zero attached hydrogens (tertiary/aromatic N) is 1. The Bertz CT molecular complexity index is 590. The lowest BCUT2D eigenvalue weighted by Gasteiger charge is -2.18. The Balaban J connectivity index is 2.38. The van der Waals surface area contributed by atoms with E-state index in [0.29, 0.717) is 16.5 Å². The third-order valence-corrected chi connectivity index (χ3v) is 4.02. The van der Waals surface area contributed by atoms with Crippen LogP contribution < -0.4 is 9.64 Å². The van der Waals surface area contributed by atoms with Gasteiger partial charge < -0.3 is 4.74 Å². The van der Waals surface area contributed by atoms with Crippen molar-refractivity contribution in [2.75, 3.05) is 12.0 Å². The molecule has 20 heavy (non-hydrogen) atoms. The lowest BCUT2D eigenvalue weighted by molar-refractivity contribution is -0.121. The highest BCUT2D eigenvalue weighted by Crippen LogP contribution is 2.36. The van der Waals surface area contributed by atoms with Gasteiger partial charge in [-0.1, -0.05) is 23.4 Å². The van der Waals surface area contributed by atoms with Crippen molar-refractivity contribution in [2.24, 2.45) is 0 Å². The Morgan fingerprint density at radius 2 is 2.15 bits per heavy atom. The van der Waals surface area contributed by atoms with Crippen LogP contribution in [0.4, 0.5) is 5.69 Å². The molecule has 1 atom stereocenters. The number of amides is 2. The van der Waals surface area contributed by atoms with E-state index < -0.39 is 11.2 Å². The summed E-state index contributed by atoms with van der Waals surface area (Å²) in [4.78, 5) is 36.4. The van der Waals surface area contributed by atoms with Gasteiger partial charge in [-0.05, 0) is 18.2 Å². The third-order valence-electron chi connectivity index (χ3n) is 2.80. The zero-order valence-electron chi connectivity index (χ0n) is 10.9. The first kappa shape index (κ1) is 14.9. The Hall–Kier alpha value is -1.53. The van der Waals surface area contributed by atoms with Crippen LogP contribution in [0.3, 0.4) is 0 Å². The van der Waals surface area contributed by atoms with E-state index in [-0.39, 0.29) is 17.4 Å². The van der Waals surface area contributed by atoms with E-state index in [9.17, 15) is 14.4 Å². The number of carbonyl (C=O) groups is 3. The topological polar surface area (TPSA) is 63.7 Å². The number of rotatable bonds is 3. The monoisotopic (exact) mass is 313 g/mol. The molecule has 2 amide bonds. The van der Waals surface area contributed by atoms with Crippen molar-refractivity contribution >= 4 is 46.0 Å². The van der Waals surface area contributed by atoms with Crippen molar-refractivity contribution in [1.29, 1.82) is 0 Å². The Kier molecular flexibility index (Phi) is 4.35. The van der Waals surface area contributed by atoms with Crippen molar-refractivity contribution in [3.05, 3.63) is 23.2 Å². The van der Waals surface area contributed by atoms with Crippen molar-refractivity contribution < 1.29 is 19.1 Å². The van der Waals surface area contributed by atoms with E-state index in [4.69, 9.17) is 16.3 Å². The van der Waals surface area contributed by atoms with Gasteiger partial charge in [0.1, 0.15) is 11.0 Å². The summed E-state index contributed by atoms with van der Waals surface area (Å²) in [5.74, 6) is -0.408. The molecule has 1 unspecified atom stereocenters. The van der Waals surface area contributed by atoms with Crippen molar-refractivity contribution in [1.82, 2.24) is 0 Å². The summed E-state index contributed by atoms with van der Waals surface area (Å²) in [6.45, 7) is 1.37. The molecule has 0 saturated carbocycles. The van der Waals surface area contributed by atoms with Crippen LogP contribution in [0.2, 0.25) is 5.02 Å². The largest absolute Gasteiger partial charge is 0.495 e. The van der Waals surface area contributed by atoms with Crippen LogP contribution in [0.15, 0.2) is 18.2 Å². The second-order valence-corrected chi connectivity index (χ2v) is 6.00. The van der Waals surface area contributed by atoms with E-state index in [1.165, 1.54) is 20.1 Å². The predicted molar refractivity (Wildman–Crippen MR) is 77.2 cm³/mol. The number of halogens is 1. The molecule has 0 spiro atoms. The van der Waals surface area contributed by atoms with Gasteiger partial charge in [0.05, 0.1) is 12.8 Å². The highest BCUT2D eigenvalue weighted by molar-refractivity contribution is 8.14. The smallest absolute Gasteiger partial charge is 0.248 e. The summed E-state index contributed by atoms with van der Waals surface area (Å²) < 4.78 is 5.15. The van der Waals surface area contributed by atoms with E-state index in [1.807, 2.05) is 0 Å². The molecular weight excluding hydrogens is 302 g/mol. The van der Waals surface area contributed by atoms with E-state index in [2.05, 4.69) is 0 Å². The van der Waals surface area contributed by atoms with Crippen molar-refractivity contribution in [3.8, 4) is 5.75 Å². The number of methoxy groups -OCH3 is 1. The molecule has 0 aromatic heterocycles. The number of hydrogen-bond donors (Lipinski definition) is 0. The standard InChI is InChI=1S/C13H12ClNO4S/c1-7(16)20-11-6-12(17)15(13(11)18)9-5-8(14)3-4-10(9)19-2/h3-5,11H,6H2,1-2H3. The van der Waals surface area contributed by atoms with Gasteiger partial charge in [0.15, 0.2) is 5.12 Å². The summed E-state index contributed by atoms with van der Waals surface area (Å²) in [5, 5.41) is -0.483. The van der Waals surface area contributed by atoms with Gasteiger partial charge in [0.25, 0.3) is 0 Å². The molecule has 2 rings (SSSR count). The molecule has 106 valence electrons. The van der Waals surface area contributed by atoms with Gasteiger partial charge in [-0.25, -0.2) is 4.90 Å². The van der Waals surface area contributed by atoms with E-state index >= 15 is 0 Å². The van der Waals surface area contributed by atoms with Crippen molar-refractivity contribution in [2.45, 2.75) is 18.6 Å². The third kappa shape index (κ3) is 2.81. The molecule has 1 aromatic rings. The summed E-state index contributed by atoms with van der Waals surface area (Å²) in [7, 11) is 1.44. The zero-order valence-corrected chi connectivity index (χ0v) is 12.5. The van der Waals surface area contributed by atoms with Gasteiger partial charge in [-0.3, -0.25) is 14.4 Å². The first-order chi connectivity index (χ1) is 9.43. The van der Waals surface area contributed by atoms with Gasteiger partial charge >= 0.3 is 0 Å². The average molecular weight is 314 g/mol. The molecule has 0 bridgehead atoms.